The Kier molecular flexibility index (Phi) is 3.60. The van der Waals surface area contributed by atoms with Crippen LogP contribution in [0.2, 0.25) is 0 Å². The molecule has 0 heterocycles. The molecule has 0 aliphatic heterocycles. The Bertz CT molecular complexity index is 189. The largest absolute Gasteiger partial charge is 0.426 e. The molecule has 0 aliphatic rings. The zero-order valence-electron chi connectivity index (χ0n) is 7.17. The molecule has 0 aromatic rings. The number of rotatable bonds is 3. The first-order chi connectivity index (χ1) is 6.06. The summed E-state index contributed by atoms with van der Waals surface area (Å²) in [5, 5.41) is 0. The van der Waals surface area contributed by atoms with Gasteiger partial charge >= 0.3 is 12.4 Å². The molecule has 0 unspecified atom stereocenters. The molecule has 0 spiro atoms. The van der Waals surface area contributed by atoms with E-state index in [0.717, 1.165) is 6.08 Å². The third-order valence-electron chi connectivity index (χ3n) is 1.57. The Balaban J connectivity index is 4.96. The lowest BCUT2D eigenvalue weighted by Gasteiger charge is -2.33. The van der Waals surface area contributed by atoms with Crippen LogP contribution in [-0.2, 0) is 4.74 Å². The van der Waals surface area contributed by atoms with Gasteiger partial charge in [0.1, 0.15) is 0 Å². The van der Waals surface area contributed by atoms with Gasteiger partial charge in [-0.3, -0.25) is 0 Å². The second kappa shape index (κ2) is 3.80. The minimum atomic E-state index is -5.51. The molecule has 0 saturated heterocycles. The molecule has 7 heteroatoms. The van der Waals surface area contributed by atoms with E-state index in [0.29, 0.717) is 0 Å². The molecule has 0 aliphatic carbocycles. The second-order valence-electron chi connectivity index (χ2n) is 2.63. The summed E-state index contributed by atoms with van der Waals surface area (Å²) in [6.07, 6.45) is -10.2. The predicted octanol–water partition coefficient (Wildman–Crippen LogP) is 3.07. The van der Waals surface area contributed by atoms with Gasteiger partial charge in [0, 0.05) is 0 Å². The molecule has 0 saturated carbocycles. The first kappa shape index (κ1) is 13.3. The van der Waals surface area contributed by atoms with Gasteiger partial charge in [-0.2, -0.15) is 26.3 Å². The van der Waals surface area contributed by atoms with E-state index in [2.05, 4.69) is 11.3 Å². The zero-order chi connectivity index (χ0) is 11.6. The van der Waals surface area contributed by atoms with Gasteiger partial charge in [-0.15, -0.1) is 6.58 Å². The third kappa shape index (κ3) is 2.40. The van der Waals surface area contributed by atoms with Crippen LogP contribution in [0.1, 0.15) is 6.92 Å². The van der Waals surface area contributed by atoms with E-state index in [1.165, 1.54) is 0 Å². The molecule has 0 fully saturated rings. The zero-order valence-corrected chi connectivity index (χ0v) is 7.17. The van der Waals surface area contributed by atoms with Gasteiger partial charge < -0.3 is 4.74 Å². The number of ether oxygens (including phenoxy) is 1. The molecule has 0 bridgehead atoms. The second-order valence-corrected chi connectivity index (χ2v) is 2.63. The number of halogens is 6. The predicted molar refractivity (Wildman–Crippen MR) is 36.7 cm³/mol. The minimum Gasteiger partial charge on any atom is -0.354 e. The maximum absolute atomic E-state index is 12.0. The van der Waals surface area contributed by atoms with Crippen LogP contribution >= 0.6 is 0 Å². The highest BCUT2D eigenvalue weighted by atomic mass is 19.4. The standard InChI is InChI=1S/C7H8F6O/c1-3-4-14-5(2,6(8,9)10)7(11,12)13/h3H,1,4H2,2H3. The van der Waals surface area contributed by atoms with Gasteiger partial charge in [-0.05, 0) is 6.92 Å². The minimum absolute atomic E-state index is 0.0590. The van der Waals surface area contributed by atoms with Gasteiger partial charge in [0.25, 0.3) is 5.60 Å². The smallest absolute Gasteiger partial charge is 0.354 e. The number of hydrogen-bond acceptors (Lipinski definition) is 1. The highest BCUT2D eigenvalue weighted by Crippen LogP contribution is 2.45. The molecule has 0 aromatic heterocycles. The van der Waals surface area contributed by atoms with E-state index in [1.807, 2.05) is 0 Å². The summed E-state index contributed by atoms with van der Waals surface area (Å²) in [7, 11) is 0. The molecule has 84 valence electrons. The third-order valence-corrected chi connectivity index (χ3v) is 1.57. The van der Waals surface area contributed by atoms with Crippen molar-refractivity contribution in [3.05, 3.63) is 12.7 Å². The van der Waals surface area contributed by atoms with E-state index in [4.69, 9.17) is 0 Å². The average molecular weight is 222 g/mol. The van der Waals surface area contributed by atoms with E-state index in [-0.39, 0.29) is 6.92 Å². The van der Waals surface area contributed by atoms with Crippen LogP contribution < -0.4 is 0 Å². The fraction of sp³-hybridized carbons (Fsp3) is 0.714. The van der Waals surface area contributed by atoms with Crippen molar-refractivity contribution in [3.8, 4) is 0 Å². The first-order valence-corrected chi connectivity index (χ1v) is 3.44. The van der Waals surface area contributed by atoms with Gasteiger partial charge in [-0.1, -0.05) is 6.08 Å². The Labute approximate surface area is 76.3 Å². The molecule has 0 radical (unpaired) electrons. The van der Waals surface area contributed by atoms with Gasteiger partial charge in [0.2, 0.25) is 0 Å². The highest BCUT2D eigenvalue weighted by Gasteiger charge is 2.69. The molecule has 1 nitrogen and oxygen atoms in total. The summed E-state index contributed by atoms with van der Waals surface area (Å²) < 4.78 is 76.0. The van der Waals surface area contributed by atoms with Crippen LogP contribution in [0.15, 0.2) is 12.7 Å². The van der Waals surface area contributed by atoms with Crippen LogP contribution in [0.5, 0.6) is 0 Å². The fourth-order valence-electron chi connectivity index (χ4n) is 0.550. The Morgan fingerprint density at radius 1 is 1.07 bits per heavy atom. The summed E-state index contributed by atoms with van der Waals surface area (Å²) in [4.78, 5) is 0. The molecule has 0 N–H and O–H groups in total. The van der Waals surface area contributed by atoms with Crippen molar-refractivity contribution >= 4 is 0 Å². The molecular formula is C7H8F6O. The van der Waals surface area contributed by atoms with E-state index < -0.39 is 24.6 Å². The van der Waals surface area contributed by atoms with Crippen molar-refractivity contribution in [2.24, 2.45) is 0 Å². The Hall–Kier alpha value is -0.720. The summed E-state index contributed by atoms with van der Waals surface area (Å²) in [5.41, 5.74) is -4.14. The van der Waals surface area contributed by atoms with Crippen molar-refractivity contribution < 1.29 is 31.1 Å². The molecule has 0 aromatic carbocycles. The lowest BCUT2D eigenvalue weighted by atomic mass is 10.1. The summed E-state index contributed by atoms with van der Waals surface area (Å²) in [6, 6.07) is 0. The fourth-order valence-corrected chi connectivity index (χ4v) is 0.550. The molecule has 0 rings (SSSR count). The number of hydrogen-bond donors (Lipinski definition) is 0. The average Bonchev–Trinajstić information content (AvgIpc) is 1.95. The molecule has 0 amide bonds. The Morgan fingerprint density at radius 2 is 1.43 bits per heavy atom. The lowest BCUT2D eigenvalue weighted by molar-refractivity contribution is -0.371. The highest BCUT2D eigenvalue weighted by molar-refractivity contribution is 4.92. The van der Waals surface area contributed by atoms with E-state index in [9.17, 15) is 26.3 Å². The van der Waals surface area contributed by atoms with Crippen LogP contribution in [0.4, 0.5) is 26.3 Å². The van der Waals surface area contributed by atoms with Crippen molar-refractivity contribution in [3.63, 3.8) is 0 Å². The van der Waals surface area contributed by atoms with Crippen molar-refractivity contribution in [2.75, 3.05) is 6.61 Å². The molecule has 0 atom stereocenters. The molecular weight excluding hydrogens is 214 g/mol. The van der Waals surface area contributed by atoms with Gasteiger partial charge in [-0.25, -0.2) is 0 Å². The Morgan fingerprint density at radius 3 is 1.64 bits per heavy atom. The van der Waals surface area contributed by atoms with Crippen LogP contribution in [0, 0.1) is 0 Å². The summed E-state index contributed by atoms with van der Waals surface area (Å²) in [5.74, 6) is 0. The van der Waals surface area contributed by atoms with Crippen LogP contribution in [0.3, 0.4) is 0 Å². The topological polar surface area (TPSA) is 9.23 Å². The van der Waals surface area contributed by atoms with Gasteiger partial charge in [0.05, 0.1) is 6.61 Å². The SMILES string of the molecule is C=CCOC(C)(C(F)(F)F)C(F)(F)F. The lowest BCUT2D eigenvalue weighted by Crippen LogP contribution is -2.56. The van der Waals surface area contributed by atoms with Crippen molar-refractivity contribution in [1.82, 2.24) is 0 Å². The quantitative estimate of drug-likeness (QED) is 0.526. The van der Waals surface area contributed by atoms with Crippen LogP contribution in [-0.4, -0.2) is 24.6 Å². The van der Waals surface area contributed by atoms with E-state index >= 15 is 0 Å². The summed E-state index contributed by atoms with van der Waals surface area (Å²) in [6.45, 7) is 2.09. The number of alkyl halides is 6. The van der Waals surface area contributed by atoms with Crippen LogP contribution in [0.25, 0.3) is 0 Å². The maximum atomic E-state index is 12.0. The van der Waals surface area contributed by atoms with Crippen molar-refractivity contribution in [1.29, 1.82) is 0 Å². The monoisotopic (exact) mass is 222 g/mol. The summed E-state index contributed by atoms with van der Waals surface area (Å²) >= 11 is 0. The molecule has 14 heavy (non-hydrogen) atoms. The van der Waals surface area contributed by atoms with E-state index in [1.54, 1.807) is 0 Å². The normalized spacial score (nSPS) is 14.2. The van der Waals surface area contributed by atoms with Gasteiger partial charge in [0.15, 0.2) is 0 Å². The maximum Gasteiger partial charge on any atom is 0.426 e. The first-order valence-electron chi connectivity index (χ1n) is 3.44. The van der Waals surface area contributed by atoms with Crippen molar-refractivity contribution in [2.45, 2.75) is 24.9 Å².